The zero-order valence-corrected chi connectivity index (χ0v) is 11.8. The van der Waals surface area contributed by atoms with E-state index < -0.39 is 26.6 Å². The summed E-state index contributed by atoms with van der Waals surface area (Å²) in [6, 6.07) is 2.43. The van der Waals surface area contributed by atoms with E-state index in [1.54, 1.807) is 0 Å². The standard InChI is InChI=1S/C13H19F2NO2S/c1-2-3-4-5-6-9-16-19(17,18)13-8-7-11(14)10-12(13)15/h7-8,10,16H,2-6,9H2,1H3. The summed E-state index contributed by atoms with van der Waals surface area (Å²) in [5.74, 6) is -1.87. The fourth-order valence-electron chi connectivity index (χ4n) is 1.71. The van der Waals surface area contributed by atoms with Gasteiger partial charge in [0.05, 0.1) is 0 Å². The van der Waals surface area contributed by atoms with Gasteiger partial charge in [-0.25, -0.2) is 21.9 Å². The minimum Gasteiger partial charge on any atom is -0.211 e. The van der Waals surface area contributed by atoms with Gasteiger partial charge in [0.25, 0.3) is 0 Å². The molecule has 0 aliphatic heterocycles. The van der Waals surface area contributed by atoms with Crippen LogP contribution in [0.4, 0.5) is 8.78 Å². The topological polar surface area (TPSA) is 46.2 Å². The Bertz CT molecular complexity index is 503. The van der Waals surface area contributed by atoms with Gasteiger partial charge in [-0.05, 0) is 18.6 Å². The Morgan fingerprint density at radius 1 is 1.11 bits per heavy atom. The Kier molecular flexibility index (Phi) is 6.37. The molecule has 0 aliphatic carbocycles. The van der Waals surface area contributed by atoms with Crippen molar-refractivity contribution in [2.24, 2.45) is 0 Å². The van der Waals surface area contributed by atoms with E-state index in [0.717, 1.165) is 37.8 Å². The molecule has 19 heavy (non-hydrogen) atoms. The highest BCUT2D eigenvalue weighted by Crippen LogP contribution is 2.15. The van der Waals surface area contributed by atoms with Gasteiger partial charge >= 0.3 is 0 Å². The molecule has 0 bridgehead atoms. The lowest BCUT2D eigenvalue weighted by Crippen LogP contribution is -2.25. The summed E-state index contributed by atoms with van der Waals surface area (Å²) in [4.78, 5) is -0.512. The van der Waals surface area contributed by atoms with Crippen LogP contribution in [0.15, 0.2) is 23.1 Å². The first kappa shape index (κ1) is 16.0. The first-order chi connectivity index (χ1) is 8.97. The molecule has 1 rings (SSSR count). The third-order valence-corrected chi connectivity index (χ3v) is 4.25. The Balaban J connectivity index is 2.52. The molecule has 0 aromatic heterocycles. The highest BCUT2D eigenvalue weighted by atomic mass is 32.2. The van der Waals surface area contributed by atoms with Crippen molar-refractivity contribution in [3.8, 4) is 0 Å². The number of hydrogen-bond acceptors (Lipinski definition) is 2. The van der Waals surface area contributed by atoms with E-state index in [1.165, 1.54) is 0 Å². The van der Waals surface area contributed by atoms with Crippen molar-refractivity contribution < 1.29 is 17.2 Å². The molecule has 0 fully saturated rings. The Morgan fingerprint density at radius 3 is 2.42 bits per heavy atom. The molecular weight excluding hydrogens is 272 g/mol. The largest absolute Gasteiger partial charge is 0.243 e. The lowest BCUT2D eigenvalue weighted by Gasteiger charge is -2.07. The van der Waals surface area contributed by atoms with Crippen LogP contribution >= 0.6 is 0 Å². The Morgan fingerprint density at radius 2 is 1.79 bits per heavy atom. The van der Waals surface area contributed by atoms with Crippen LogP contribution in [0.25, 0.3) is 0 Å². The fraction of sp³-hybridized carbons (Fsp3) is 0.538. The molecule has 0 saturated carbocycles. The lowest BCUT2D eigenvalue weighted by molar-refractivity contribution is 0.540. The molecule has 0 atom stereocenters. The van der Waals surface area contributed by atoms with E-state index in [9.17, 15) is 17.2 Å². The van der Waals surface area contributed by atoms with Gasteiger partial charge in [-0.3, -0.25) is 0 Å². The molecule has 0 saturated heterocycles. The van der Waals surface area contributed by atoms with Crippen LogP contribution in [-0.2, 0) is 10.0 Å². The van der Waals surface area contributed by atoms with E-state index in [2.05, 4.69) is 11.6 Å². The molecular formula is C13H19F2NO2S. The number of sulfonamides is 1. The molecule has 0 radical (unpaired) electrons. The zero-order chi connectivity index (χ0) is 14.3. The van der Waals surface area contributed by atoms with Gasteiger partial charge in [-0.2, -0.15) is 0 Å². The summed E-state index contributed by atoms with van der Waals surface area (Å²) in [6.45, 7) is 2.36. The average molecular weight is 291 g/mol. The molecule has 0 spiro atoms. The molecule has 1 aromatic carbocycles. The molecule has 3 nitrogen and oxygen atoms in total. The number of rotatable bonds is 8. The summed E-state index contributed by atoms with van der Waals surface area (Å²) in [5, 5.41) is 0. The van der Waals surface area contributed by atoms with Crippen LogP contribution < -0.4 is 4.72 Å². The SMILES string of the molecule is CCCCCCCNS(=O)(=O)c1ccc(F)cc1F. The minimum absolute atomic E-state index is 0.267. The maximum absolute atomic E-state index is 13.4. The van der Waals surface area contributed by atoms with Crippen molar-refractivity contribution in [1.82, 2.24) is 4.72 Å². The number of unbranched alkanes of at least 4 members (excludes halogenated alkanes) is 4. The smallest absolute Gasteiger partial charge is 0.211 e. The second kappa shape index (κ2) is 7.55. The monoisotopic (exact) mass is 291 g/mol. The predicted octanol–water partition coefficient (Wildman–Crippen LogP) is 3.21. The van der Waals surface area contributed by atoms with E-state index in [1.807, 2.05) is 0 Å². The highest BCUT2D eigenvalue weighted by molar-refractivity contribution is 7.89. The molecule has 6 heteroatoms. The van der Waals surface area contributed by atoms with E-state index in [4.69, 9.17) is 0 Å². The molecule has 1 aromatic rings. The molecule has 108 valence electrons. The van der Waals surface area contributed by atoms with Crippen LogP contribution in [0.3, 0.4) is 0 Å². The minimum atomic E-state index is -3.89. The quantitative estimate of drug-likeness (QED) is 0.748. The first-order valence-electron chi connectivity index (χ1n) is 6.42. The van der Waals surface area contributed by atoms with E-state index in [0.29, 0.717) is 12.5 Å². The molecule has 0 unspecified atom stereocenters. The molecule has 1 N–H and O–H groups in total. The first-order valence-corrected chi connectivity index (χ1v) is 7.90. The van der Waals surface area contributed by atoms with Crippen LogP contribution in [0, 0.1) is 11.6 Å². The van der Waals surface area contributed by atoms with Crippen LogP contribution in [0.2, 0.25) is 0 Å². The van der Waals surface area contributed by atoms with Crippen molar-refractivity contribution in [2.75, 3.05) is 6.54 Å². The van der Waals surface area contributed by atoms with E-state index in [-0.39, 0.29) is 6.54 Å². The van der Waals surface area contributed by atoms with Crippen molar-refractivity contribution in [3.63, 3.8) is 0 Å². The summed E-state index contributed by atoms with van der Waals surface area (Å²) < 4.78 is 51.9. The van der Waals surface area contributed by atoms with Gasteiger partial charge in [-0.15, -0.1) is 0 Å². The summed E-state index contributed by atoms with van der Waals surface area (Å²) in [6.07, 6.45) is 4.94. The van der Waals surface area contributed by atoms with Crippen molar-refractivity contribution in [2.45, 2.75) is 43.9 Å². The highest BCUT2D eigenvalue weighted by Gasteiger charge is 2.18. The zero-order valence-electron chi connectivity index (χ0n) is 11.0. The van der Waals surface area contributed by atoms with Gasteiger partial charge in [0.15, 0.2) is 0 Å². The maximum atomic E-state index is 13.4. The summed E-state index contributed by atoms with van der Waals surface area (Å²) >= 11 is 0. The Hall–Kier alpha value is -1.01. The normalized spacial score (nSPS) is 11.7. The van der Waals surface area contributed by atoms with Gasteiger partial charge in [-0.1, -0.05) is 32.6 Å². The van der Waals surface area contributed by atoms with Gasteiger partial charge < -0.3 is 0 Å². The van der Waals surface area contributed by atoms with Crippen LogP contribution in [-0.4, -0.2) is 15.0 Å². The van der Waals surface area contributed by atoms with Crippen LogP contribution in [0.5, 0.6) is 0 Å². The van der Waals surface area contributed by atoms with E-state index >= 15 is 0 Å². The Labute approximate surface area is 113 Å². The molecule has 0 aliphatic rings. The van der Waals surface area contributed by atoms with Crippen molar-refractivity contribution >= 4 is 10.0 Å². The second-order valence-corrected chi connectivity index (χ2v) is 6.12. The van der Waals surface area contributed by atoms with Crippen LogP contribution in [0.1, 0.15) is 39.0 Å². The van der Waals surface area contributed by atoms with Gasteiger partial charge in [0.1, 0.15) is 16.5 Å². The lowest BCUT2D eigenvalue weighted by atomic mass is 10.2. The maximum Gasteiger partial charge on any atom is 0.243 e. The third-order valence-electron chi connectivity index (χ3n) is 2.76. The number of hydrogen-bond donors (Lipinski definition) is 1. The summed E-state index contributed by atoms with van der Waals surface area (Å²) in [7, 11) is -3.89. The summed E-state index contributed by atoms with van der Waals surface area (Å²) in [5.41, 5.74) is 0. The molecule has 0 heterocycles. The van der Waals surface area contributed by atoms with Crippen molar-refractivity contribution in [3.05, 3.63) is 29.8 Å². The van der Waals surface area contributed by atoms with Gasteiger partial charge in [0, 0.05) is 12.6 Å². The number of nitrogens with one attached hydrogen (secondary N) is 1. The predicted molar refractivity (Wildman–Crippen MR) is 70.3 cm³/mol. The van der Waals surface area contributed by atoms with Crippen molar-refractivity contribution in [1.29, 1.82) is 0 Å². The third kappa shape index (κ3) is 5.24. The second-order valence-electron chi connectivity index (χ2n) is 4.39. The molecule has 0 amide bonds. The fourth-order valence-corrected chi connectivity index (χ4v) is 2.84. The number of halogens is 2. The average Bonchev–Trinajstić information content (AvgIpc) is 2.33. The van der Waals surface area contributed by atoms with Gasteiger partial charge in [0.2, 0.25) is 10.0 Å². The number of benzene rings is 1.